The standard InChI is InChI=1S/C13H24N2O4/c1-10(2)9-19-7-6-14-12(18)15(8-11(16)17)13(3,4)5/h1,6-9H2,2-5H3,(H,14,18)(H,16,17). The van der Waals surface area contributed by atoms with Crippen molar-refractivity contribution in [3.63, 3.8) is 0 Å². The second kappa shape index (κ2) is 7.78. The summed E-state index contributed by atoms with van der Waals surface area (Å²) in [6.45, 7) is 11.7. The largest absolute Gasteiger partial charge is 0.480 e. The lowest BCUT2D eigenvalue weighted by atomic mass is 10.1. The van der Waals surface area contributed by atoms with Crippen molar-refractivity contribution < 1.29 is 19.4 Å². The van der Waals surface area contributed by atoms with Crippen molar-refractivity contribution in [2.24, 2.45) is 0 Å². The van der Waals surface area contributed by atoms with Gasteiger partial charge in [0, 0.05) is 12.1 Å². The Morgan fingerprint density at radius 2 is 1.95 bits per heavy atom. The fraction of sp³-hybridized carbons (Fsp3) is 0.692. The average Bonchev–Trinajstić information content (AvgIpc) is 2.23. The smallest absolute Gasteiger partial charge is 0.323 e. The van der Waals surface area contributed by atoms with Gasteiger partial charge < -0.3 is 20.1 Å². The zero-order chi connectivity index (χ0) is 15.1. The summed E-state index contributed by atoms with van der Waals surface area (Å²) in [5.74, 6) is -1.04. The van der Waals surface area contributed by atoms with Crippen molar-refractivity contribution in [2.75, 3.05) is 26.3 Å². The number of ether oxygens (including phenoxy) is 1. The Balaban J connectivity index is 4.19. The summed E-state index contributed by atoms with van der Waals surface area (Å²) in [5, 5.41) is 11.4. The van der Waals surface area contributed by atoms with Crippen LogP contribution in [0.25, 0.3) is 0 Å². The minimum Gasteiger partial charge on any atom is -0.480 e. The Bertz CT molecular complexity index is 334. The number of nitrogens with zero attached hydrogens (tertiary/aromatic N) is 1. The minimum atomic E-state index is -1.04. The Kier molecular flexibility index (Phi) is 7.14. The van der Waals surface area contributed by atoms with Gasteiger partial charge in [0.2, 0.25) is 0 Å². The van der Waals surface area contributed by atoms with Crippen molar-refractivity contribution >= 4 is 12.0 Å². The quantitative estimate of drug-likeness (QED) is 0.543. The number of hydrogen-bond acceptors (Lipinski definition) is 3. The van der Waals surface area contributed by atoms with Crippen molar-refractivity contribution in [3.8, 4) is 0 Å². The van der Waals surface area contributed by atoms with Crippen LogP contribution >= 0.6 is 0 Å². The summed E-state index contributed by atoms with van der Waals surface area (Å²) in [6, 6.07) is -0.408. The molecular formula is C13H24N2O4. The van der Waals surface area contributed by atoms with Crippen molar-refractivity contribution in [2.45, 2.75) is 33.2 Å². The van der Waals surface area contributed by atoms with E-state index in [-0.39, 0.29) is 6.54 Å². The number of carboxylic acid groups (broad SMARTS) is 1. The van der Waals surface area contributed by atoms with Gasteiger partial charge >= 0.3 is 12.0 Å². The molecule has 0 fully saturated rings. The lowest BCUT2D eigenvalue weighted by molar-refractivity contribution is -0.138. The normalized spacial score (nSPS) is 10.9. The molecule has 110 valence electrons. The number of urea groups is 1. The minimum absolute atomic E-state index is 0.331. The number of hydrogen-bond donors (Lipinski definition) is 2. The molecule has 0 saturated carbocycles. The third kappa shape index (κ3) is 8.20. The molecule has 2 N–H and O–H groups in total. The van der Waals surface area contributed by atoms with E-state index >= 15 is 0 Å². The van der Waals surface area contributed by atoms with Gasteiger partial charge in [-0.3, -0.25) is 4.79 Å². The van der Waals surface area contributed by atoms with Gasteiger partial charge in [0.25, 0.3) is 0 Å². The molecule has 0 aliphatic heterocycles. The molecule has 0 aromatic carbocycles. The van der Waals surface area contributed by atoms with Crippen LogP contribution in [0.3, 0.4) is 0 Å². The van der Waals surface area contributed by atoms with Crippen LogP contribution < -0.4 is 5.32 Å². The molecule has 0 bridgehead atoms. The van der Waals surface area contributed by atoms with Gasteiger partial charge in [-0.1, -0.05) is 12.2 Å². The fourth-order valence-corrected chi connectivity index (χ4v) is 1.32. The van der Waals surface area contributed by atoms with Crippen LogP contribution in [0.4, 0.5) is 4.79 Å². The van der Waals surface area contributed by atoms with Crippen molar-refractivity contribution in [1.82, 2.24) is 10.2 Å². The SMILES string of the molecule is C=C(C)COCCNC(=O)N(CC(=O)O)C(C)(C)C. The highest BCUT2D eigenvalue weighted by Crippen LogP contribution is 2.12. The van der Waals surface area contributed by atoms with Gasteiger partial charge in [-0.15, -0.1) is 0 Å². The van der Waals surface area contributed by atoms with Crippen LogP contribution in [0.5, 0.6) is 0 Å². The molecule has 0 aromatic heterocycles. The second-order valence-corrected chi connectivity index (χ2v) is 5.39. The van der Waals surface area contributed by atoms with Crippen LogP contribution in [0, 0.1) is 0 Å². The third-order valence-electron chi connectivity index (χ3n) is 2.22. The van der Waals surface area contributed by atoms with E-state index in [9.17, 15) is 9.59 Å². The molecule has 0 aliphatic rings. The first-order valence-electron chi connectivity index (χ1n) is 6.14. The first-order valence-corrected chi connectivity index (χ1v) is 6.14. The highest BCUT2D eigenvalue weighted by Gasteiger charge is 2.28. The van der Waals surface area contributed by atoms with Gasteiger partial charge in [0.05, 0.1) is 13.2 Å². The zero-order valence-corrected chi connectivity index (χ0v) is 12.2. The van der Waals surface area contributed by atoms with E-state index < -0.39 is 17.5 Å². The molecule has 6 nitrogen and oxygen atoms in total. The van der Waals surface area contributed by atoms with E-state index in [0.717, 1.165) is 5.57 Å². The Hall–Kier alpha value is -1.56. The molecule has 0 aliphatic carbocycles. The molecular weight excluding hydrogens is 248 g/mol. The maximum atomic E-state index is 11.9. The highest BCUT2D eigenvalue weighted by atomic mass is 16.5. The number of rotatable bonds is 7. The predicted octanol–water partition coefficient (Wildman–Crippen LogP) is 1.47. The molecule has 2 amide bonds. The van der Waals surface area contributed by atoms with Crippen LogP contribution in [0.15, 0.2) is 12.2 Å². The van der Waals surface area contributed by atoms with Crippen LogP contribution in [-0.2, 0) is 9.53 Å². The summed E-state index contributed by atoms with van der Waals surface area (Å²) in [4.78, 5) is 23.9. The molecule has 0 unspecified atom stereocenters. The number of amides is 2. The van der Waals surface area contributed by atoms with Crippen LogP contribution in [-0.4, -0.2) is 53.8 Å². The maximum Gasteiger partial charge on any atom is 0.323 e. The van der Waals surface area contributed by atoms with E-state index in [1.165, 1.54) is 4.90 Å². The van der Waals surface area contributed by atoms with Gasteiger partial charge in [-0.25, -0.2) is 4.79 Å². The first-order chi connectivity index (χ1) is 8.64. The summed E-state index contributed by atoms with van der Waals surface area (Å²) < 4.78 is 5.24. The Morgan fingerprint density at radius 3 is 2.37 bits per heavy atom. The van der Waals surface area contributed by atoms with Crippen LogP contribution in [0.1, 0.15) is 27.7 Å². The summed E-state index contributed by atoms with van der Waals surface area (Å²) in [5.41, 5.74) is 0.356. The third-order valence-corrected chi connectivity index (χ3v) is 2.22. The zero-order valence-electron chi connectivity index (χ0n) is 12.2. The molecule has 0 rings (SSSR count). The number of carbonyl (C=O) groups is 2. The van der Waals surface area contributed by atoms with Gasteiger partial charge in [0.15, 0.2) is 0 Å². The molecule has 0 aromatic rings. The molecule has 19 heavy (non-hydrogen) atoms. The highest BCUT2D eigenvalue weighted by molar-refractivity contribution is 5.80. The number of carbonyl (C=O) groups excluding carboxylic acids is 1. The van der Waals surface area contributed by atoms with E-state index in [4.69, 9.17) is 9.84 Å². The molecule has 0 atom stereocenters. The van der Waals surface area contributed by atoms with E-state index in [1.807, 2.05) is 6.92 Å². The average molecular weight is 272 g/mol. The van der Waals surface area contributed by atoms with E-state index in [0.29, 0.717) is 19.8 Å². The number of nitrogens with one attached hydrogen (secondary N) is 1. The lowest BCUT2D eigenvalue weighted by Gasteiger charge is -2.34. The monoisotopic (exact) mass is 272 g/mol. The van der Waals surface area contributed by atoms with Crippen LogP contribution in [0.2, 0.25) is 0 Å². The molecule has 0 heterocycles. The van der Waals surface area contributed by atoms with Gasteiger partial charge in [0.1, 0.15) is 6.54 Å². The number of aliphatic carboxylic acids is 1. The molecule has 0 radical (unpaired) electrons. The van der Waals surface area contributed by atoms with Gasteiger partial charge in [-0.05, 0) is 27.7 Å². The second-order valence-electron chi connectivity index (χ2n) is 5.39. The Morgan fingerprint density at radius 1 is 1.37 bits per heavy atom. The molecule has 0 saturated heterocycles. The Labute approximate surface area is 114 Å². The fourth-order valence-electron chi connectivity index (χ4n) is 1.32. The summed E-state index contributed by atoms with van der Waals surface area (Å²) in [6.07, 6.45) is 0. The number of carboxylic acids is 1. The van der Waals surface area contributed by atoms with Gasteiger partial charge in [-0.2, -0.15) is 0 Å². The van der Waals surface area contributed by atoms with Crippen molar-refractivity contribution in [1.29, 1.82) is 0 Å². The van der Waals surface area contributed by atoms with Crippen molar-refractivity contribution in [3.05, 3.63) is 12.2 Å². The van der Waals surface area contributed by atoms with E-state index in [1.54, 1.807) is 20.8 Å². The predicted molar refractivity (Wildman–Crippen MR) is 73.1 cm³/mol. The summed E-state index contributed by atoms with van der Waals surface area (Å²) in [7, 11) is 0. The molecule has 0 spiro atoms. The maximum absolute atomic E-state index is 11.9. The van der Waals surface area contributed by atoms with E-state index in [2.05, 4.69) is 11.9 Å². The molecule has 6 heteroatoms. The topological polar surface area (TPSA) is 78.9 Å². The summed E-state index contributed by atoms with van der Waals surface area (Å²) >= 11 is 0. The lowest BCUT2D eigenvalue weighted by Crippen LogP contribution is -2.52. The first kappa shape index (κ1) is 17.4.